The maximum absolute atomic E-state index is 9.29. The van der Waals surface area contributed by atoms with E-state index in [1.165, 1.54) is 12.8 Å². The molecule has 0 spiro atoms. The van der Waals surface area contributed by atoms with Crippen LogP contribution in [0, 0.1) is 11.3 Å². The van der Waals surface area contributed by atoms with Gasteiger partial charge >= 0.3 is 0 Å². The fourth-order valence-electron chi connectivity index (χ4n) is 2.32. The minimum Gasteiger partial charge on any atom is -0.382 e. The molecule has 90 valence electrons. The number of nitriles is 1. The summed E-state index contributed by atoms with van der Waals surface area (Å²) in [5, 5.41) is 12.8. The van der Waals surface area contributed by atoms with E-state index in [2.05, 4.69) is 11.4 Å². The van der Waals surface area contributed by atoms with Gasteiger partial charge in [0.25, 0.3) is 0 Å². The van der Waals surface area contributed by atoms with Gasteiger partial charge in [0.15, 0.2) is 0 Å². The van der Waals surface area contributed by atoms with E-state index < -0.39 is 0 Å². The average molecular weight is 224 g/mol. The zero-order valence-electron chi connectivity index (χ0n) is 9.87. The van der Waals surface area contributed by atoms with E-state index in [0.717, 1.165) is 19.3 Å². The van der Waals surface area contributed by atoms with Crippen LogP contribution in [-0.4, -0.2) is 38.0 Å². The van der Waals surface area contributed by atoms with Crippen LogP contribution in [-0.2, 0) is 9.47 Å². The van der Waals surface area contributed by atoms with Crippen molar-refractivity contribution in [3.8, 4) is 6.07 Å². The molecular weight excluding hydrogens is 204 g/mol. The highest BCUT2D eigenvalue weighted by atomic mass is 16.5. The van der Waals surface area contributed by atoms with Crippen LogP contribution < -0.4 is 5.32 Å². The van der Waals surface area contributed by atoms with Crippen molar-refractivity contribution in [2.75, 3.05) is 20.3 Å². The van der Waals surface area contributed by atoms with Crippen molar-refractivity contribution < 1.29 is 9.47 Å². The maximum Gasteiger partial charge on any atom is 0.109 e. The maximum atomic E-state index is 9.29. The first-order chi connectivity index (χ1) is 7.78. The van der Waals surface area contributed by atoms with Crippen molar-refractivity contribution in [2.45, 2.75) is 49.8 Å². The number of hydrogen-bond acceptors (Lipinski definition) is 4. The van der Waals surface area contributed by atoms with Crippen molar-refractivity contribution in [3.63, 3.8) is 0 Å². The Morgan fingerprint density at radius 2 is 2.19 bits per heavy atom. The Morgan fingerprint density at radius 3 is 2.81 bits per heavy atom. The molecule has 2 fully saturated rings. The molecule has 2 unspecified atom stereocenters. The number of methoxy groups -OCH3 is 1. The molecule has 1 N–H and O–H groups in total. The fourth-order valence-corrected chi connectivity index (χ4v) is 2.32. The zero-order chi connectivity index (χ0) is 11.4. The Morgan fingerprint density at radius 1 is 1.38 bits per heavy atom. The predicted molar refractivity (Wildman–Crippen MR) is 60.0 cm³/mol. The summed E-state index contributed by atoms with van der Waals surface area (Å²) in [7, 11) is 1.67. The smallest absolute Gasteiger partial charge is 0.109 e. The average Bonchev–Trinajstić information content (AvgIpc) is 3.00. The predicted octanol–water partition coefficient (Wildman–Crippen LogP) is 1.22. The largest absolute Gasteiger partial charge is 0.382 e. The molecule has 0 aromatic carbocycles. The van der Waals surface area contributed by atoms with Crippen molar-refractivity contribution in [1.29, 1.82) is 5.26 Å². The van der Waals surface area contributed by atoms with E-state index in [1.54, 1.807) is 7.11 Å². The lowest BCUT2D eigenvalue weighted by Gasteiger charge is -2.22. The van der Waals surface area contributed by atoms with Gasteiger partial charge in [0, 0.05) is 19.6 Å². The molecule has 2 aliphatic carbocycles. The lowest BCUT2D eigenvalue weighted by Crippen LogP contribution is -2.43. The number of rotatable bonds is 6. The van der Waals surface area contributed by atoms with Crippen LogP contribution >= 0.6 is 0 Å². The topological polar surface area (TPSA) is 54.3 Å². The fraction of sp³-hybridized carbons (Fsp3) is 0.917. The summed E-state index contributed by atoms with van der Waals surface area (Å²) in [6.07, 6.45) is 5.39. The molecule has 0 aromatic heterocycles. The number of hydrogen-bond donors (Lipinski definition) is 1. The Balaban J connectivity index is 1.77. The van der Waals surface area contributed by atoms with Crippen LogP contribution in [0.3, 0.4) is 0 Å². The summed E-state index contributed by atoms with van der Waals surface area (Å²) in [6.45, 7) is 1.26. The molecule has 4 heteroatoms. The second-order valence-corrected chi connectivity index (χ2v) is 4.84. The molecule has 0 aromatic rings. The van der Waals surface area contributed by atoms with Crippen molar-refractivity contribution >= 4 is 0 Å². The summed E-state index contributed by atoms with van der Waals surface area (Å²) < 4.78 is 10.6. The highest BCUT2D eigenvalue weighted by Gasteiger charge is 2.43. The summed E-state index contributed by atoms with van der Waals surface area (Å²) in [6, 6.07) is 3.03. The number of ether oxygens (including phenoxy) is 2. The molecule has 2 saturated carbocycles. The summed E-state index contributed by atoms with van der Waals surface area (Å²) in [4.78, 5) is 0. The molecule has 0 amide bonds. The molecule has 16 heavy (non-hydrogen) atoms. The van der Waals surface area contributed by atoms with Gasteiger partial charge in [0.2, 0.25) is 0 Å². The van der Waals surface area contributed by atoms with Gasteiger partial charge in [-0.25, -0.2) is 0 Å². The van der Waals surface area contributed by atoms with Gasteiger partial charge in [-0.1, -0.05) is 0 Å². The summed E-state index contributed by atoms with van der Waals surface area (Å²) in [5.74, 6) is 0. The van der Waals surface area contributed by atoms with Gasteiger partial charge < -0.3 is 9.47 Å². The van der Waals surface area contributed by atoms with Gasteiger partial charge in [-0.3, -0.25) is 5.32 Å². The first-order valence-corrected chi connectivity index (χ1v) is 6.07. The molecule has 2 rings (SSSR count). The first kappa shape index (κ1) is 11.8. The standard InChI is InChI=1S/C12H20N2O2/c1-15-6-7-16-11-4-5-12(8-11,9-13)14-10-2-3-10/h10-11,14H,2-8H2,1H3. The first-order valence-electron chi connectivity index (χ1n) is 6.07. The third-order valence-electron chi connectivity index (χ3n) is 3.38. The molecule has 0 radical (unpaired) electrons. The highest BCUT2D eigenvalue weighted by molar-refractivity contribution is 5.14. The van der Waals surface area contributed by atoms with Crippen LogP contribution in [0.2, 0.25) is 0 Å². The van der Waals surface area contributed by atoms with Crippen molar-refractivity contribution in [3.05, 3.63) is 0 Å². The summed E-state index contributed by atoms with van der Waals surface area (Å²) in [5.41, 5.74) is -0.321. The molecule has 0 aliphatic heterocycles. The van der Waals surface area contributed by atoms with Gasteiger partial charge in [-0.2, -0.15) is 5.26 Å². The Kier molecular flexibility index (Phi) is 3.80. The number of nitrogens with one attached hydrogen (secondary N) is 1. The van der Waals surface area contributed by atoms with Crippen molar-refractivity contribution in [1.82, 2.24) is 5.32 Å². The minimum atomic E-state index is -0.321. The molecule has 0 saturated heterocycles. The van der Waals surface area contributed by atoms with Gasteiger partial charge in [0.1, 0.15) is 5.54 Å². The van der Waals surface area contributed by atoms with Gasteiger partial charge in [-0.05, 0) is 25.7 Å². The van der Waals surface area contributed by atoms with Crippen LogP contribution in [0.15, 0.2) is 0 Å². The highest BCUT2D eigenvalue weighted by Crippen LogP contribution is 2.34. The Bertz CT molecular complexity index is 273. The SMILES string of the molecule is COCCOC1CCC(C#N)(NC2CC2)C1. The van der Waals surface area contributed by atoms with Gasteiger partial charge in [0.05, 0.1) is 25.4 Å². The van der Waals surface area contributed by atoms with E-state index in [-0.39, 0.29) is 11.6 Å². The zero-order valence-corrected chi connectivity index (χ0v) is 9.87. The van der Waals surface area contributed by atoms with E-state index in [4.69, 9.17) is 9.47 Å². The second-order valence-electron chi connectivity index (χ2n) is 4.84. The van der Waals surface area contributed by atoms with Gasteiger partial charge in [-0.15, -0.1) is 0 Å². The van der Waals surface area contributed by atoms with Crippen LogP contribution in [0.25, 0.3) is 0 Å². The molecule has 2 aliphatic rings. The molecule has 0 heterocycles. The molecule has 4 nitrogen and oxygen atoms in total. The monoisotopic (exact) mass is 224 g/mol. The third kappa shape index (κ3) is 2.94. The van der Waals surface area contributed by atoms with E-state index in [1.807, 2.05) is 0 Å². The van der Waals surface area contributed by atoms with Crippen molar-refractivity contribution in [2.24, 2.45) is 0 Å². The quantitative estimate of drug-likeness (QED) is 0.689. The number of nitrogens with zero attached hydrogens (tertiary/aromatic N) is 1. The van der Waals surface area contributed by atoms with Crippen LogP contribution in [0.1, 0.15) is 32.1 Å². The van der Waals surface area contributed by atoms with Crippen LogP contribution in [0.5, 0.6) is 0 Å². The minimum absolute atomic E-state index is 0.223. The Labute approximate surface area is 96.9 Å². The lowest BCUT2D eigenvalue weighted by atomic mass is 9.99. The molecular formula is C12H20N2O2. The second kappa shape index (κ2) is 5.13. The Hall–Kier alpha value is -0.630. The molecule has 2 atom stereocenters. The van der Waals surface area contributed by atoms with Crippen LogP contribution in [0.4, 0.5) is 0 Å². The van der Waals surface area contributed by atoms with E-state index >= 15 is 0 Å². The van der Waals surface area contributed by atoms with E-state index in [0.29, 0.717) is 19.3 Å². The third-order valence-corrected chi connectivity index (χ3v) is 3.38. The van der Waals surface area contributed by atoms with E-state index in [9.17, 15) is 5.26 Å². The summed E-state index contributed by atoms with van der Waals surface area (Å²) >= 11 is 0. The molecule has 0 bridgehead atoms. The normalized spacial score (nSPS) is 33.9. The lowest BCUT2D eigenvalue weighted by molar-refractivity contribution is 0.0186.